The molecule has 2 aliphatic rings. The Balaban J connectivity index is 1.48. The Bertz CT molecular complexity index is 1110. The molecule has 1 aromatic carbocycles. The molecule has 138 valence electrons. The summed E-state index contributed by atoms with van der Waals surface area (Å²) in [6, 6.07) is 9.60. The van der Waals surface area contributed by atoms with Gasteiger partial charge in [0.15, 0.2) is 9.84 Å². The number of aromatic nitrogens is 3. The van der Waals surface area contributed by atoms with Crippen LogP contribution in [0.25, 0.3) is 11.1 Å². The molecule has 0 N–H and O–H groups in total. The van der Waals surface area contributed by atoms with Crippen LogP contribution in [0.3, 0.4) is 0 Å². The molecule has 0 amide bonds. The smallest absolute Gasteiger partial charge is 0.183 e. The van der Waals surface area contributed by atoms with Gasteiger partial charge >= 0.3 is 0 Å². The minimum absolute atomic E-state index is 0.0262. The number of nitrogens with zero attached hydrogens (tertiary/aromatic N) is 4. The molecular formula is C20H20N4O2S. The number of rotatable bonds is 3. The van der Waals surface area contributed by atoms with E-state index < -0.39 is 9.84 Å². The number of hydrogen-bond donors (Lipinski definition) is 0. The molecule has 3 aromatic rings. The van der Waals surface area contributed by atoms with Crippen LogP contribution in [0.1, 0.15) is 17.0 Å². The standard InChI is InChI=1S/C20H20N4O2S/c1-23-10-14(8-22-23)11-24-12-18-17-7-15(16-3-2-6-21-9-16)4-5-19(17)27(25,26)20(18)13-24/h2-10,18,20H,11-13H2,1H3/t18-,20-/m1/s1. The zero-order chi connectivity index (χ0) is 18.6. The first kappa shape index (κ1) is 16.6. The maximum atomic E-state index is 13.1. The summed E-state index contributed by atoms with van der Waals surface area (Å²) in [6.07, 6.45) is 7.38. The second-order valence-electron chi connectivity index (χ2n) is 7.40. The van der Waals surface area contributed by atoms with Gasteiger partial charge < -0.3 is 0 Å². The van der Waals surface area contributed by atoms with E-state index in [1.807, 2.05) is 49.9 Å². The quantitative estimate of drug-likeness (QED) is 0.697. The predicted octanol–water partition coefficient (Wildman–Crippen LogP) is 2.24. The number of hydrogen-bond acceptors (Lipinski definition) is 5. The van der Waals surface area contributed by atoms with Crippen LogP contribution in [0, 0.1) is 0 Å². The molecule has 0 bridgehead atoms. The molecule has 0 aliphatic carbocycles. The summed E-state index contributed by atoms with van der Waals surface area (Å²) in [5.41, 5.74) is 4.09. The highest BCUT2D eigenvalue weighted by atomic mass is 32.2. The Hall–Kier alpha value is -2.51. The average Bonchev–Trinajstić information content (AvgIpc) is 3.33. The van der Waals surface area contributed by atoms with Crippen molar-refractivity contribution in [2.45, 2.75) is 22.6 Å². The molecule has 6 nitrogen and oxygen atoms in total. The first-order valence-corrected chi connectivity index (χ1v) is 10.5. The Morgan fingerprint density at radius 3 is 2.78 bits per heavy atom. The van der Waals surface area contributed by atoms with E-state index in [0.717, 1.165) is 35.3 Å². The molecule has 0 radical (unpaired) electrons. The van der Waals surface area contributed by atoms with Crippen molar-refractivity contribution >= 4 is 9.84 Å². The lowest BCUT2D eigenvalue weighted by Crippen LogP contribution is -2.25. The molecule has 2 atom stereocenters. The molecule has 0 unspecified atom stereocenters. The van der Waals surface area contributed by atoms with Crippen LogP contribution >= 0.6 is 0 Å². The van der Waals surface area contributed by atoms with E-state index in [4.69, 9.17) is 0 Å². The van der Waals surface area contributed by atoms with Crippen LogP contribution < -0.4 is 0 Å². The van der Waals surface area contributed by atoms with E-state index in [0.29, 0.717) is 11.4 Å². The first-order valence-electron chi connectivity index (χ1n) is 9.00. The van der Waals surface area contributed by atoms with Crippen LogP contribution in [0.15, 0.2) is 60.0 Å². The summed E-state index contributed by atoms with van der Waals surface area (Å²) in [4.78, 5) is 6.91. The molecule has 7 heteroatoms. The molecule has 2 aliphatic heterocycles. The average molecular weight is 380 g/mol. The third-order valence-electron chi connectivity index (χ3n) is 5.62. The molecule has 5 rings (SSSR count). The van der Waals surface area contributed by atoms with Crippen molar-refractivity contribution in [2.75, 3.05) is 13.1 Å². The van der Waals surface area contributed by atoms with Gasteiger partial charge in [0.1, 0.15) is 0 Å². The van der Waals surface area contributed by atoms with E-state index in [1.54, 1.807) is 16.9 Å². The van der Waals surface area contributed by atoms with Crippen LogP contribution in [-0.4, -0.2) is 46.4 Å². The molecule has 4 heterocycles. The monoisotopic (exact) mass is 380 g/mol. The Morgan fingerprint density at radius 1 is 1.15 bits per heavy atom. The maximum absolute atomic E-state index is 13.1. The Kier molecular flexibility index (Phi) is 3.70. The Morgan fingerprint density at radius 2 is 2.04 bits per heavy atom. The normalized spacial score (nSPS) is 23.3. The third-order valence-corrected chi connectivity index (χ3v) is 7.88. The lowest BCUT2D eigenvalue weighted by Gasteiger charge is -2.16. The van der Waals surface area contributed by atoms with E-state index >= 15 is 0 Å². The number of benzene rings is 1. The second kappa shape index (κ2) is 6.00. The molecule has 27 heavy (non-hydrogen) atoms. The van der Waals surface area contributed by atoms with E-state index in [2.05, 4.69) is 15.0 Å². The van der Waals surface area contributed by atoms with Gasteiger partial charge in [-0.3, -0.25) is 14.6 Å². The van der Waals surface area contributed by atoms with Gasteiger partial charge in [0.05, 0.1) is 16.3 Å². The lowest BCUT2D eigenvalue weighted by atomic mass is 9.95. The van der Waals surface area contributed by atoms with E-state index in [1.165, 1.54) is 0 Å². The van der Waals surface area contributed by atoms with Gasteiger partial charge in [-0.2, -0.15) is 5.10 Å². The minimum atomic E-state index is -3.28. The van der Waals surface area contributed by atoms with E-state index in [-0.39, 0.29) is 11.2 Å². The van der Waals surface area contributed by atoms with Crippen molar-refractivity contribution in [3.05, 3.63) is 66.2 Å². The summed E-state index contributed by atoms with van der Waals surface area (Å²) < 4.78 is 27.9. The van der Waals surface area contributed by atoms with Crippen LogP contribution in [0.2, 0.25) is 0 Å². The Labute approximate surface area is 158 Å². The second-order valence-corrected chi connectivity index (χ2v) is 9.54. The van der Waals surface area contributed by atoms with Gasteiger partial charge in [-0.05, 0) is 34.9 Å². The summed E-state index contributed by atoms with van der Waals surface area (Å²) in [5, 5.41) is 3.85. The molecule has 0 spiro atoms. The van der Waals surface area contributed by atoms with Gasteiger partial charge in [-0.15, -0.1) is 0 Å². The minimum Gasteiger partial charge on any atom is -0.297 e. The van der Waals surface area contributed by atoms with Crippen LogP contribution in [-0.2, 0) is 23.4 Å². The van der Waals surface area contributed by atoms with Gasteiger partial charge in [0.25, 0.3) is 0 Å². The van der Waals surface area contributed by atoms with E-state index in [9.17, 15) is 8.42 Å². The van der Waals surface area contributed by atoms with Gasteiger partial charge in [0.2, 0.25) is 0 Å². The number of fused-ring (bicyclic) bond motifs is 3. The highest BCUT2D eigenvalue weighted by molar-refractivity contribution is 7.92. The molecule has 1 saturated heterocycles. The van der Waals surface area contributed by atoms with Crippen LogP contribution in [0.5, 0.6) is 0 Å². The largest absolute Gasteiger partial charge is 0.297 e. The number of pyridine rings is 1. The van der Waals surface area contributed by atoms with Crippen molar-refractivity contribution in [3.63, 3.8) is 0 Å². The number of aryl methyl sites for hydroxylation is 1. The molecule has 1 fully saturated rings. The molecular weight excluding hydrogens is 360 g/mol. The van der Waals surface area contributed by atoms with Crippen molar-refractivity contribution in [3.8, 4) is 11.1 Å². The van der Waals surface area contributed by atoms with Crippen molar-refractivity contribution < 1.29 is 8.42 Å². The third kappa shape index (κ3) is 2.69. The van der Waals surface area contributed by atoms with Crippen LogP contribution in [0.4, 0.5) is 0 Å². The number of likely N-dealkylation sites (tertiary alicyclic amines) is 1. The summed E-state index contributed by atoms with van der Waals surface area (Å²) in [6.45, 7) is 2.05. The first-order chi connectivity index (χ1) is 13.0. The zero-order valence-corrected chi connectivity index (χ0v) is 15.8. The summed E-state index contributed by atoms with van der Waals surface area (Å²) in [7, 11) is -1.39. The van der Waals surface area contributed by atoms with Crippen molar-refractivity contribution in [1.82, 2.24) is 19.7 Å². The SMILES string of the molecule is Cn1cc(CN2C[C@@H]3c4cc(-c5cccnc5)ccc4S(=O)(=O)[C@@H]3C2)cn1. The van der Waals surface area contributed by atoms with Crippen molar-refractivity contribution in [2.24, 2.45) is 7.05 Å². The van der Waals surface area contributed by atoms with Gasteiger partial charge in [-0.1, -0.05) is 12.1 Å². The summed E-state index contributed by atoms with van der Waals surface area (Å²) in [5.74, 6) is 0.0262. The predicted molar refractivity (Wildman–Crippen MR) is 102 cm³/mol. The fourth-order valence-corrected chi connectivity index (χ4v) is 6.57. The van der Waals surface area contributed by atoms with Gasteiger partial charge in [-0.25, -0.2) is 8.42 Å². The maximum Gasteiger partial charge on any atom is 0.183 e. The van der Waals surface area contributed by atoms with Gasteiger partial charge in [0, 0.05) is 56.8 Å². The molecule has 0 saturated carbocycles. The highest BCUT2D eigenvalue weighted by Crippen LogP contribution is 2.46. The van der Waals surface area contributed by atoms with Crippen molar-refractivity contribution in [1.29, 1.82) is 0 Å². The highest BCUT2D eigenvalue weighted by Gasteiger charge is 2.50. The number of sulfone groups is 1. The molecule has 2 aromatic heterocycles. The zero-order valence-electron chi connectivity index (χ0n) is 15.0. The topological polar surface area (TPSA) is 68.1 Å². The fourth-order valence-electron chi connectivity index (χ4n) is 4.38. The summed E-state index contributed by atoms with van der Waals surface area (Å²) >= 11 is 0. The fraction of sp³-hybridized carbons (Fsp3) is 0.300. The lowest BCUT2D eigenvalue weighted by molar-refractivity contribution is 0.325.